The van der Waals surface area contributed by atoms with Gasteiger partial charge in [0.2, 0.25) is 5.91 Å². The maximum absolute atomic E-state index is 12.4. The minimum absolute atomic E-state index is 0.0365. The molecule has 0 aliphatic carbocycles. The Morgan fingerprint density at radius 1 is 1.33 bits per heavy atom. The van der Waals surface area contributed by atoms with Gasteiger partial charge >= 0.3 is 0 Å². The third-order valence-electron chi connectivity index (χ3n) is 4.64. The molecule has 3 rings (SSSR count). The number of carbonyl (C=O) groups excluding carboxylic acids is 1. The van der Waals surface area contributed by atoms with E-state index >= 15 is 0 Å². The number of H-pyrrole nitrogens is 1. The van der Waals surface area contributed by atoms with Gasteiger partial charge in [0.25, 0.3) is 5.56 Å². The van der Waals surface area contributed by atoms with Gasteiger partial charge in [0.05, 0.1) is 12.6 Å². The second-order valence-corrected chi connectivity index (χ2v) is 6.70. The molecule has 1 N–H and O–H groups in total. The molecule has 1 amide bonds. The molecule has 24 heavy (non-hydrogen) atoms. The fraction of sp³-hybridized carbons (Fsp3) is 0.474. The smallest absolute Gasteiger partial charge is 0.253 e. The van der Waals surface area contributed by atoms with Crippen LogP contribution in [0.25, 0.3) is 10.9 Å². The van der Waals surface area contributed by atoms with E-state index in [-0.39, 0.29) is 17.6 Å². The summed E-state index contributed by atoms with van der Waals surface area (Å²) in [4.78, 5) is 29.1. The minimum atomic E-state index is -0.133. The fourth-order valence-corrected chi connectivity index (χ4v) is 3.38. The lowest BCUT2D eigenvalue weighted by Gasteiger charge is -2.24. The highest BCUT2D eigenvalue weighted by Crippen LogP contribution is 2.20. The standard InChI is InChI=1S/C19H24N2O3/c1-12-7-13(2)17-9-15(19(23)20-18(17)8-12)10-21(14(3)22)11-16-5-4-6-24-16/h7-9,16H,4-6,10-11H2,1-3H3,(H,20,23). The van der Waals surface area contributed by atoms with Gasteiger partial charge in [0, 0.05) is 36.5 Å². The van der Waals surface area contributed by atoms with Crippen molar-refractivity contribution < 1.29 is 9.53 Å². The number of amides is 1. The molecule has 2 heterocycles. The van der Waals surface area contributed by atoms with Crippen molar-refractivity contribution in [3.05, 3.63) is 45.2 Å². The van der Waals surface area contributed by atoms with Crippen molar-refractivity contribution >= 4 is 16.8 Å². The first-order valence-corrected chi connectivity index (χ1v) is 8.44. The number of nitrogens with one attached hydrogen (secondary N) is 1. The SMILES string of the molecule is CC(=O)N(Cc1cc2c(C)cc(C)cc2[nH]c1=O)CC1CCCO1. The number of ether oxygens (including phenoxy) is 1. The molecule has 1 aromatic heterocycles. The van der Waals surface area contributed by atoms with Crippen LogP contribution in [0, 0.1) is 13.8 Å². The molecule has 1 saturated heterocycles. The highest BCUT2D eigenvalue weighted by Gasteiger charge is 2.21. The number of rotatable bonds is 4. The van der Waals surface area contributed by atoms with E-state index in [2.05, 4.69) is 11.1 Å². The predicted molar refractivity (Wildman–Crippen MR) is 94.1 cm³/mol. The van der Waals surface area contributed by atoms with Crippen LogP contribution >= 0.6 is 0 Å². The van der Waals surface area contributed by atoms with Crippen molar-refractivity contribution in [3.8, 4) is 0 Å². The number of benzene rings is 1. The number of hydrogen-bond acceptors (Lipinski definition) is 3. The first-order chi connectivity index (χ1) is 11.4. The van der Waals surface area contributed by atoms with E-state index in [1.165, 1.54) is 0 Å². The van der Waals surface area contributed by atoms with Crippen LogP contribution < -0.4 is 5.56 Å². The lowest BCUT2D eigenvalue weighted by Crippen LogP contribution is -2.36. The average molecular weight is 328 g/mol. The largest absolute Gasteiger partial charge is 0.376 e. The van der Waals surface area contributed by atoms with Gasteiger partial charge in [0.15, 0.2) is 0 Å². The van der Waals surface area contributed by atoms with Gasteiger partial charge in [-0.05, 0) is 49.9 Å². The molecular formula is C19H24N2O3. The molecule has 1 aliphatic rings. The van der Waals surface area contributed by atoms with Gasteiger partial charge in [-0.15, -0.1) is 0 Å². The molecule has 0 spiro atoms. The highest BCUT2D eigenvalue weighted by atomic mass is 16.5. The zero-order valence-electron chi connectivity index (χ0n) is 14.5. The van der Waals surface area contributed by atoms with E-state index in [1.54, 1.807) is 11.8 Å². The average Bonchev–Trinajstić information content (AvgIpc) is 3.00. The van der Waals surface area contributed by atoms with E-state index in [0.29, 0.717) is 18.7 Å². The van der Waals surface area contributed by atoms with Crippen LogP contribution in [0.4, 0.5) is 0 Å². The molecule has 1 aromatic carbocycles. The number of aromatic nitrogens is 1. The van der Waals surface area contributed by atoms with Crippen LogP contribution in [-0.4, -0.2) is 35.0 Å². The maximum Gasteiger partial charge on any atom is 0.253 e. The predicted octanol–water partition coefficient (Wildman–Crippen LogP) is 2.67. The van der Waals surface area contributed by atoms with E-state index < -0.39 is 0 Å². The summed E-state index contributed by atoms with van der Waals surface area (Å²) in [5, 5.41) is 1.02. The van der Waals surface area contributed by atoms with Gasteiger partial charge in [-0.25, -0.2) is 0 Å². The Morgan fingerprint density at radius 3 is 2.79 bits per heavy atom. The van der Waals surface area contributed by atoms with Crippen molar-refractivity contribution in [3.63, 3.8) is 0 Å². The van der Waals surface area contributed by atoms with E-state index in [4.69, 9.17) is 4.74 Å². The van der Waals surface area contributed by atoms with Crippen molar-refractivity contribution in [1.29, 1.82) is 0 Å². The van der Waals surface area contributed by atoms with Gasteiger partial charge in [-0.2, -0.15) is 0 Å². The molecule has 1 atom stereocenters. The molecule has 0 bridgehead atoms. The number of aryl methyl sites for hydroxylation is 2. The quantitative estimate of drug-likeness (QED) is 0.938. The minimum Gasteiger partial charge on any atom is -0.376 e. The summed E-state index contributed by atoms with van der Waals surface area (Å²) in [6, 6.07) is 5.98. The first-order valence-electron chi connectivity index (χ1n) is 8.44. The van der Waals surface area contributed by atoms with Gasteiger partial charge in [-0.1, -0.05) is 6.07 Å². The van der Waals surface area contributed by atoms with Crippen LogP contribution in [-0.2, 0) is 16.1 Å². The molecule has 5 heteroatoms. The van der Waals surface area contributed by atoms with E-state index in [1.807, 2.05) is 26.0 Å². The molecule has 1 fully saturated rings. The van der Waals surface area contributed by atoms with Gasteiger partial charge < -0.3 is 14.6 Å². The summed E-state index contributed by atoms with van der Waals surface area (Å²) < 4.78 is 5.62. The fourth-order valence-electron chi connectivity index (χ4n) is 3.38. The van der Waals surface area contributed by atoms with Crippen molar-refractivity contribution in [2.24, 2.45) is 0 Å². The van der Waals surface area contributed by atoms with Crippen LogP contribution in [0.15, 0.2) is 23.0 Å². The second kappa shape index (κ2) is 6.77. The topological polar surface area (TPSA) is 62.4 Å². The van der Waals surface area contributed by atoms with Crippen molar-refractivity contribution in [2.45, 2.75) is 46.3 Å². The summed E-state index contributed by atoms with van der Waals surface area (Å²) in [5.74, 6) is -0.0365. The van der Waals surface area contributed by atoms with Gasteiger partial charge in [-0.3, -0.25) is 9.59 Å². The zero-order valence-corrected chi connectivity index (χ0v) is 14.5. The Hall–Kier alpha value is -2.14. The van der Waals surface area contributed by atoms with Crippen LogP contribution in [0.5, 0.6) is 0 Å². The Morgan fingerprint density at radius 2 is 2.12 bits per heavy atom. The normalized spacial score (nSPS) is 17.4. The van der Waals surface area contributed by atoms with Crippen molar-refractivity contribution in [1.82, 2.24) is 9.88 Å². The van der Waals surface area contributed by atoms with Crippen LogP contribution in [0.2, 0.25) is 0 Å². The molecule has 5 nitrogen and oxygen atoms in total. The number of carbonyl (C=O) groups is 1. The lowest BCUT2D eigenvalue weighted by molar-refractivity contribution is -0.131. The third kappa shape index (κ3) is 3.51. The van der Waals surface area contributed by atoms with Crippen LogP contribution in [0.1, 0.15) is 36.5 Å². The third-order valence-corrected chi connectivity index (χ3v) is 4.64. The molecule has 128 valence electrons. The van der Waals surface area contributed by atoms with E-state index in [9.17, 15) is 9.59 Å². The Bertz CT molecular complexity index is 819. The second-order valence-electron chi connectivity index (χ2n) is 6.70. The first kappa shape index (κ1) is 16.7. The molecule has 0 radical (unpaired) electrons. The molecule has 1 unspecified atom stereocenters. The zero-order chi connectivity index (χ0) is 17.3. The number of fused-ring (bicyclic) bond motifs is 1. The molecule has 1 aliphatic heterocycles. The van der Waals surface area contributed by atoms with Gasteiger partial charge in [0.1, 0.15) is 0 Å². The summed E-state index contributed by atoms with van der Waals surface area (Å²) in [6.45, 7) is 7.20. The number of pyridine rings is 1. The monoisotopic (exact) mass is 328 g/mol. The van der Waals surface area contributed by atoms with Crippen molar-refractivity contribution in [2.75, 3.05) is 13.2 Å². The highest BCUT2D eigenvalue weighted by molar-refractivity contribution is 5.83. The molecular weight excluding hydrogens is 304 g/mol. The Balaban J connectivity index is 1.90. The van der Waals surface area contributed by atoms with E-state index in [0.717, 1.165) is 41.5 Å². The maximum atomic E-state index is 12.4. The summed E-state index contributed by atoms with van der Waals surface area (Å²) in [6.07, 6.45) is 2.08. The Kier molecular flexibility index (Phi) is 4.71. The molecule has 0 saturated carbocycles. The van der Waals surface area contributed by atoms with Crippen LogP contribution in [0.3, 0.4) is 0 Å². The number of nitrogens with zero attached hydrogens (tertiary/aromatic N) is 1. The number of aromatic amines is 1. The summed E-state index contributed by atoms with van der Waals surface area (Å²) in [5.41, 5.74) is 3.56. The lowest BCUT2D eigenvalue weighted by atomic mass is 10.0. The summed E-state index contributed by atoms with van der Waals surface area (Å²) >= 11 is 0. The summed E-state index contributed by atoms with van der Waals surface area (Å²) in [7, 11) is 0. The number of hydrogen-bond donors (Lipinski definition) is 1. The molecule has 2 aromatic rings. The Labute approximate surface area is 141 Å².